The quantitative estimate of drug-likeness (QED) is 0.468. The molecule has 7 nitrogen and oxygen atoms in total. The first-order valence-corrected chi connectivity index (χ1v) is 10.5. The van der Waals surface area contributed by atoms with Crippen LogP contribution in [0.1, 0.15) is 16.8 Å². The number of benzene rings is 2. The number of aryl methyl sites for hydroxylation is 2. The summed E-state index contributed by atoms with van der Waals surface area (Å²) in [6.45, 7) is 4.05. The molecule has 2 heterocycles. The van der Waals surface area contributed by atoms with Crippen LogP contribution in [0.4, 0.5) is 10.1 Å². The Bertz CT molecular complexity index is 1280. The van der Waals surface area contributed by atoms with Crippen LogP contribution in [0.2, 0.25) is 0 Å². The Hall–Kier alpha value is -3.59. The van der Waals surface area contributed by atoms with Crippen LogP contribution in [-0.2, 0) is 16.0 Å². The van der Waals surface area contributed by atoms with Crippen LogP contribution < -0.4 is 10.6 Å². The Morgan fingerprint density at radius 1 is 1.13 bits per heavy atom. The molecule has 2 aromatic carbocycles. The standard InChI is InChI=1S/C22H20FN5O2S/c1-13-6-7-14(2)18(10-13)25-21(30)20(29)24-9-8-17-12-31-22-26-19(27-28(17)22)15-4-3-5-16(23)11-15/h3-7,10-12H,8-9H2,1-2H3,(H,24,29)(H,25,30). The second kappa shape index (κ2) is 8.65. The molecule has 2 aromatic heterocycles. The van der Waals surface area contributed by atoms with E-state index < -0.39 is 11.8 Å². The van der Waals surface area contributed by atoms with E-state index in [-0.39, 0.29) is 12.4 Å². The number of anilines is 1. The maximum absolute atomic E-state index is 13.5. The van der Waals surface area contributed by atoms with Crippen molar-refractivity contribution < 1.29 is 14.0 Å². The lowest BCUT2D eigenvalue weighted by Gasteiger charge is -2.09. The fourth-order valence-corrected chi connectivity index (χ4v) is 3.94. The van der Waals surface area contributed by atoms with Gasteiger partial charge >= 0.3 is 11.8 Å². The second-order valence-electron chi connectivity index (χ2n) is 7.15. The summed E-state index contributed by atoms with van der Waals surface area (Å²) in [6.07, 6.45) is 0.467. The third kappa shape index (κ3) is 4.61. The molecule has 4 rings (SSSR count). The summed E-state index contributed by atoms with van der Waals surface area (Å²) >= 11 is 1.41. The molecule has 0 aliphatic carbocycles. The Balaban J connectivity index is 1.37. The number of hydrogen-bond donors (Lipinski definition) is 2. The van der Waals surface area contributed by atoms with Crippen molar-refractivity contribution in [2.75, 3.05) is 11.9 Å². The highest BCUT2D eigenvalue weighted by atomic mass is 32.1. The summed E-state index contributed by atoms with van der Waals surface area (Å²) in [5.41, 5.74) is 3.93. The van der Waals surface area contributed by atoms with Gasteiger partial charge in [0.2, 0.25) is 4.96 Å². The number of fused-ring (bicyclic) bond motifs is 1. The van der Waals surface area contributed by atoms with E-state index in [1.807, 2.05) is 37.4 Å². The molecule has 0 unspecified atom stereocenters. The molecule has 2 N–H and O–H groups in total. The maximum atomic E-state index is 13.5. The smallest absolute Gasteiger partial charge is 0.313 e. The highest BCUT2D eigenvalue weighted by Gasteiger charge is 2.16. The van der Waals surface area contributed by atoms with E-state index in [1.54, 1.807) is 16.6 Å². The average molecular weight is 438 g/mol. The van der Waals surface area contributed by atoms with Crippen molar-refractivity contribution in [1.82, 2.24) is 19.9 Å². The molecular weight excluding hydrogens is 417 g/mol. The van der Waals surface area contributed by atoms with Crippen LogP contribution >= 0.6 is 11.3 Å². The Labute approximate surface area is 181 Å². The number of carbonyl (C=O) groups is 2. The zero-order valence-corrected chi connectivity index (χ0v) is 17.8. The molecule has 0 aliphatic heterocycles. The monoisotopic (exact) mass is 437 g/mol. The number of thiazole rings is 1. The summed E-state index contributed by atoms with van der Waals surface area (Å²) in [4.78, 5) is 29.5. The SMILES string of the molecule is Cc1ccc(C)c(NC(=O)C(=O)NCCc2csc3nc(-c4cccc(F)c4)nn23)c1. The van der Waals surface area contributed by atoms with Crippen molar-refractivity contribution in [3.05, 3.63) is 70.5 Å². The van der Waals surface area contributed by atoms with E-state index in [0.29, 0.717) is 28.5 Å². The first-order valence-electron chi connectivity index (χ1n) is 9.66. The fourth-order valence-electron chi connectivity index (χ4n) is 3.08. The van der Waals surface area contributed by atoms with Crippen molar-refractivity contribution in [3.8, 4) is 11.4 Å². The van der Waals surface area contributed by atoms with Crippen LogP contribution in [0.3, 0.4) is 0 Å². The van der Waals surface area contributed by atoms with Gasteiger partial charge in [-0.2, -0.15) is 4.98 Å². The van der Waals surface area contributed by atoms with E-state index in [4.69, 9.17) is 0 Å². The van der Waals surface area contributed by atoms with Gasteiger partial charge in [-0.3, -0.25) is 9.59 Å². The van der Waals surface area contributed by atoms with Crippen molar-refractivity contribution in [2.24, 2.45) is 0 Å². The van der Waals surface area contributed by atoms with E-state index in [1.165, 1.54) is 23.5 Å². The lowest BCUT2D eigenvalue weighted by molar-refractivity contribution is -0.136. The third-order valence-corrected chi connectivity index (χ3v) is 5.61. The largest absolute Gasteiger partial charge is 0.347 e. The Kier molecular flexibility index (Phi) is 5.77. The van der Waals surface area contributed by atoms with Crippen LogP contribution in [0.25, 0.3) is 16.3 Å². The predicted octanol–water partition coefficient (Wildman–Crippen LogP) is 3.51. The number of hydrogen-bond acceptors (Lipinski definition) is 5. The number of carbonyl (C=O) groups excluding carboxylic acids is 2. The van der Waals surface area contributed by atoms with Gasteiger partial charge in [0, 0.05) is 29.6 Å². The second-order valence-corrected chi connectivity index (χ2v) is 7.98. The van der Waals surface area contributed by atoms with Gasteiger partial charge in [0.15, 0.2) is 5.82 Å². The van der Waals surface area contributed by atoms with Crippen LogP contribution in [0, 0.1) is 19.7 Å². The van der Waals surface area contributed by atoms with E-state index in [2.05, 4.69) is 20.7 Å². The summed E-state index contributed by atoms with van der Waals surface area (Å²) in [5.74, 6) is -1.33. The Morgan fingerprint density at radius 2 is 1.97 bits per heavy atom. The minimum Gasteiger partial charge on any atom is -0.347 e. The van der Waals surface area contributed by atoms with Crippen LogP contribution in [0.5, 0.6) is 0 Å². The predicted molar refractivity (Wildman–Crippen MR) is 118 cm³/mol. The average Bonchev–Trinajstić information content (AvgIpc) is 3.32. The van der Waals surface area contributed by atoms with Gasteiger partial charge in [0.05, 0.1) is 5.69 Å². The molecule has 0 saturated heterocycles. The lowest BCUT2D eigenvalue weighted by atomic mass is 10.1. The normalized spacial score (nSPS) is 10.9. The summed E-state index contributed by atoms with van der Waals surface area (Å²) < 4.78 is 15.1. The molecule has 31 heavy (non-hydrogen) atoms. The molecule has 9 heteroatoms. The van der Waals surface area contributed by atoms with E-state index in [9.17, 15) is 14.0 Å². The van der Waals surface area contributed by atoms with Gasteiger partial charge in [-0.1, -0.05) is 24.3 Å². The molecule has 158 valence electrons. The third-order valence-electron chi connectivity index (χ3n) is 4.75. The molecule has 0 saturated carbocycles. The van der Waals surface area contributed by atoms with Gasteiger partial charge in [0.1, 0.15) is 5.82 Å². The summed E-state index contributed by atoms with van der Waals surface area (Å²) in [6, 6.07) is 11.8. The summed E-state index contributed by atoms with van der Waals surface area (Å²) in [7, 11) is 0. The molecule has 0 radical (unpaired) electrons. The molecule has 0 atom stereocenters. The molecule has 0 aliphatic rings. The van der Waals surface area contributed by atoms with Gasteiger partial charge in [-0.25, -0.2) is 8.91 Å². The first kappa shape index (κ1) is 20.7. The minimum absolute atomic E-state index is 0.264. The molecule has 0 bridgehead atoms. The number of aromatic nitrogens is 3. The molecular formula is C22H20FN5O2S. The molecule has 2 amide bonds. The maximum Gasteiger partial charge on any atom is 0.313 e. The topological polar surface area (TPSA) is 88.4 Å². The van der Waals surface area contributed by atoms with Gasteiger partial charge < -0.3 is 10.6 Å². The molecule has 4 aromatic rings. The molecule has 0 spiro atoms. The number of amides is 2. The number of halogens is 1. The lowest BCUT2D eigenvalue weighted by Crippen LogP contribution is -2.36. The zero-order valence-electron chi connectivity index (χ0n) is 17.0. The minimum atomic E-state index is -0.710. The van der Waals surface area contributed by atoms with E-state index >= 15 is 0 Å². The van der Waals surface area contributed by atoms with Crippen LogP contribution in [-0.4, -0.2) is 33.0 Å². The van der Waals surface area contributed by atoms with Crippen molar-refractivity contribution in [1.29, 1.82) is 0 Å². The van der Waals surface area contributed by atoms with E-state index in [0.717, 1.165) is 16.8 Å². The number of nitrogens with zero attached hydrogens (tertiary/aromatic N) is 3. The first-order chi connectivity index (χ1) is 14.9. The van der Waals surface area contributed by atoms with Gasteiger partial charge in [-0.05, 0) is 43.2 Å². The van der Waals surface area contributed by atoms with Crippen molar-refractivity contribution >= 4 is 33.8 Å². The van der Waals surface area contributed by atoms with Crippen molar-refractivity contribution in [3.63, 3.8) is 0 Å². The van der Waals surface area contributed by atoms with Crippen molar-refractivity contribution in [2.45, 2.75) is 20.3 Å². The number of nitrogens with one attached hydrogen (secondary N) is 2. The molecule has 0 fully saturated rings. The fraction of sp³-hybridized carbons (Fsp3) is 0.182. The summed E-state index contributed by atoms with van der Waals surface area (Å²) in [5, 5.41) is 11.6. The van der Waals surface area contributed by atoms with Gasteiger partial charge in [-0.15, -0.1) is 16.4 Å². The zero-order chi connectivity index (χ0) is 22.0. The number of rotatable bonds is 5. The Morgan fingerprint density at radius 3 is 2.77 bits per heavy atom. The highest BCUT2D eigenvalue weighted by molar-refractivity contribution is 7.15. The van der Waals surface area contributed by atoms with Crippen LogP contribution in [0.15, 0.2) is 47.8 Å². The van der Waals surface area contributed by atoms with Gasteiger partial charge in [0.25, 0.3) is 0 Å². The highest BCUT2D eigenvalue weighted by Crippen LogP contribution is 2.21.